The van der Waals surface area contributed by atoms with Crippen molar-refractivity contribution in [2.45, 2.75) is 32.9 Å². The first-order chi connectivity index (χ1) is 7.47. The van der Waals surface area contributed by atoms with Crippen molar-refractivity contribution in [3.63, 3.8) is 0 Å². The second-order valence-corrected chi connectivity index (χ2v) is 4.36. The van der Waals surface area contributed by atoms with Gasteiger partial charge in [-0.3, -0.25) is 0 Å². The number of nitrogens with zero attached hydrogens (tertiary/aromatic N) is 4. The number of aryl methyl sites for hydroxylation is 1. The first-order valence-corrected chi connectivity index (χ1v) is 5.05. The first-order valence-electron chi connectivity index (χ1n) is 5.05. The average Bonchev–Trinajstić information content (AvgIpc) is 2.74. The molecule has 16 heavy (non-hydrogen) atoms. The quantitative estimate of drug-likeness (QED) is 0.829. The number of aromatic nitrogens is 4. The Morgan fingerprint density at radius 3 is 2.81 bits per heavy atom. The fourth-order valence-electron chi connectivity index (χ4n) is 1.53. The van der Waals surface area contributed by atoms with E-state index < -0.39 is 5.54 Å². The van der Waals surface area contributed by atoms with Crippen molar-refractivity contribution in [1.29, 1.82) is 0 Å². The number of rotatable bonds is 3. The topological polar surface area (TPSA) is 82.8 Å². The summed E-state index contributed by atoms with van der Waals surface area (Å²) in [7, 11) is 0. The van der Waals surface area contributed by atoms with Gasteiger partial charge in [0.15, 0.2) is 5.82 Å². The maximum atomic E-state index is 6.03. The van der Waals surface area contributed by atoms with Crippen LogP contribution < -0.4 is 5.73 Å². The lowest BCUT2D eigenvalue weighted by Crippen LogP contribution is -2.31. The van der Waals surface area contributed by atoms with E-state index in [-0.39, 0.29) is 0 Å². The molecule has 0 saturated heterocycles. The first kappa shape index (κ1) is 10.8. The smallest absolute Gasteiger partial charge is 0.246 e. The highest BCUT2D eigenvalue weighted by Gasteiger charge is 2.19. The van der Waals surface area contributed by atoms with E-state index in [0.29, 0.717) is 18.3 Å². The molecule has 0 aliphatic carbocycles. The summed E-state index contributed by atoms with van der Waals surface area (Å²) in [5.74, 6) is 1.18. The van der Waals surface area contributed by atoms with Gasteiger partial charge in [0.05, 0.1) is 17.6 Å². The van der Waals surface area contributed by atoms with Gasteiger partial charge in [-0.1, -0.05) is 5.16 Å². The molecule has 0 saturated carbocycles. The van der Waals surface area contributed by atoms with Gasteiger partial charge in [0.25, 0.3) is 0 Å². The van der Waals surface area contributed by atoms with Crippen LogP contribution in [0.4, 0.5) is 0 Å². The molecule has 0 aliphatic rings. The molecule has 2 aromatic rings. The molecule has 0 amide bonds. The lowest BCUT2D eigenvalue weighted by molar-refractivity contribution is 0.362. The molecule has 2 heterocycles. The molecule has 0 radical (unpaired) electrons. The van der Waals surface area contributed by atoms with Gasteiger partial charge < -0.3 is 14.8 Å². The van der Waals surface area contributed by atoms with E-state index >= 15 is 0 Å². The highest BCUT2D eigenvalue weighted by Crippen LogP contribution is 2.16. The summed E-state index contributed by atoms with van der Waals surface area (Å²) in [5, 5.41) is 3.74. The molecular formula is C10H15N5O. The van der Waals surface area contributed by atoms with Crippen LogP contribution in [0.15, 0.2) is 17.0 Å². The van der Waals surface area contributed by atoms with Crippen LogP contribution in [-0.4, -0.2) is 19.7 Å². The van der Waals surface area contributed by atoms with Crippen molar-refractivity contribution in [2.24, 2.45) is 5.73 Å². The van der Waals surface area contributed by atoms with Gasteiger partial charge in [0.2, 0.25) is 5.89 Å². The molecule has 0 spiro atoms. The standard InChI is InChI=1S/C10H15N5O/c1-7-13-9(16-14-7)5-15-6-12-4-8(15)10(2,3)11/h4,6H,5,11H2,1-3H3. The summed E-state index contributed by atoms with van der Waals surface area (Å²) in [4.78, 5) is 8.23. The fourth-order valence-corrected chi connectivity index (χ4v) is 1.53. The number of hydrogen-bond acceptors (Lipinski definition) is 5. The van der Waals surface area contributed by atoms with E-state index in [1.54, 1.807) is 19.4 Å². The van der Waals surface area contributed by atoms with Crippen LogP contribution in [0, 0.1) is 6.92 Å². The molecule has 0 fully saturated rings. The van der Waals surface area contributed by atoms with Gasteiger partial charge in [0.1, 0.15) is 6.54 Å². The predicted molar refractivity (Wildman–Crippen MR) is 57.6 cm³/mol. The summed E-state index contributed by atoms with van der Waals surface area (Å²) in [6.45, 7) is 6.14. The van der Waals surface area contributed by atoms with Crippen molar-refractivity contribution in [1.82, 2.24) is 19.7 Å². The Balaban J connectivity index is 2.25. The van der Waals surface area contributed by atoms with Gasteiger partial charge in [-0.25, -0.2) is 4.98 Å². The minimum Gasteiger partial charge on any atom is -0.337 e. The van der Waals surface area contributed by atoms with E-state index in [1.165, 1.54) is 0 Å². The van der Waals surface area contributed by atoms with Crippen molar-refractivity contribution in [3.8, 4) is 0 Å². The molecule has 2 rings (SSSR count). The second-order valence-electron chi connectivity index (χ2n) is 4.36. The van der Waals surface area contributed by atoms with E-state index in [9.17, 15) is 0 Å². The monoisotopic (exact) mass is 221 g/mol. The Morgan fingerprint density at radius 2 is 2.25 bits per heavy atom. The summed E-state index contributed by atoms with van der Waals surface area (Å²) in [5.41, 5.74) is 6.53. The molecule has 0 aliphatic heterocycles. The van der Waals surface area contributed by atoms with Crippen LogP contribution in [0.25, 0.3) is 0 Å². The fraction of sp³-hybridized carbons (Fsp3) is 0.500. The van der Waals surface area contributed by atoms with Gasteiger partial charge in [-0.2, -0.15) is 4.98 Å². The summed E-state index contributed by atoms with van der Waals surface area (Å²) in [6.07, 6.45) is 3.46. The van der Waals surface area contributed by atoms with E-state index in [0.717, 1.165) is 5.69 Å². The van der Waals surface area contributed by atoms with E-state index in [4.69, 9.17) is 10.3 Å². The molecule has 0 unspecified atom stereocenters. The van der Waals surface area contributed by atoms with Crippen LogP contribution in [0.3, 0.4) is 0 Å². The lowest BCUT2D eigenvalue weighted by Gasteiger charge is -2.19. The maximum absolute atomic E-state index is 6.03. The van der Waals surface area contributed by atoms with E-state index in [1.807, 2.05) is 18.4 Å². The minimum absolute atomic E-state index is 0.439. The van der Waals surface area contributed by atoms with Crippen LogP contribution >= 0.6 is 0 Å². The predicted octanol–water partition coefficient (Wildman–Crippen LogP) is 0.817. The SMILES string of the molecule is Cc1noc(Cn2cncc2C(C)(C)N)n1. The third-order valence-corrected chi connectivity index (χ3v) is 2.25. The number of hydrogen-bond donors (Lipinski definition) is 1. The molecule has 0 bridgehead atoms. The Bertz CT molecular complexity index is 479. The van der Waals surface area contributed by atoms with E-state index in [2.05, 4.69) is 15.1 Å². The zero-order valence-electron chi connectivity index (χ0n) is 9.64. The normalized spacial score (nSPS) is 12.0. The third-order valence-electron chi connectivity index (χ3n) is 2.25. The molecule has 6 heteroatoms. The van der Waals surface area contributed by atoms with Crippen molar-refractivity contribution in [3.05, 3.63) is 29.9 Å². The van der Waals surface area contributed by atoms with Crippen LogP contribution in [0.2, 0.25) is 0 Å². The van der Waals surface area contributed by atoms with Crippen LogP contribution in [0.1, 0.15) is 31.3 Å². The Kier molecular flexibility index (Phi) is 2.51. The van der Waals surface area contributed by atoms with Crippen molar-refractivity contribution >= 4 is 0 Å². The minimum atomic E-state index is -0.439. The molecule has 0 atom stereocenters. The molecule has 6 nitrogen and oxygen atoms in total. The average molecular weight is 221 g/mol. The number of nitrogens with two attached hydrogens (primary N) is 1. The molecule has 2 aromatic heterocycles. The van der Waals surface area contributed by atoms with Crippen LogP contribution in [0.5, 0.6) is 0 Å². The van der Waals surface area contributed by atoms with Gasteiger partial charge in [0, 0.05) is 6.20 Å². The van der Waals surface area contributed by atoms with Crippen molar-refractivity contribution < 1.29 is 4.52 Å². The number of imidazole rings is 1. The van der Waals surface area contributed by atoms with Gasteiger partial charge in [-0.05, 0) is 20.8 Å². The summed E-state index contributed by atoms with van der Waals surface area (Å²) in [6, 6.07) is 0. The summed E-state index contributed by atoms with van der Waals surface area (Å²) >= 11 is 0. The Labute approximate surface area is 93.5 Å². The highest BCUT2D eigenvalue weighted by molar-refractivity contribution is 5.10. The molecular weight excluding hydrogens is 206 g/mol. The van der Waals surface area contributed by atoms with Gasteiger partial charge >= 0.3 is 0 Å². The third kappa shape index (κ3) is 2.11. The zero-order valence-corrected chi connectivity index (χ0v) is 9.64. The second kappa shape index (κ2) is 3.71. The largest absolute Gasteiger partial charge is 0.337 e. The van der Waals surface area contributed by atoms with Crippen molar-refractivity contribution in [2.75, 3.05) is 0 Å². The Hall–Kier alpha value is -1.69. The highest BCUT2D eigenvalue weighted by atomic mass is 16.5. The Morgan fingerprint density at radius 1 is 1.50 bits per heavy atom. The van der Waals surface area contributed by atoms with Gasteiger partial charge in [-0.15, -0.1) is 0 Å². The van der Waals surface area contributed by atoms with Crippen LogP contribution in [-0.2, 0) is 12.1 Å². The summed E-state index contributed by atoms with van der Waals surface area (Å²) < 4.78 is 6.96. The molecule has 86 valence electrons. The molecule has 2 N–H and O–H groups in total. The molecule has 0 aromatic carbocycles. The lowest BCUT2D eigenvalue weighted by atomic mass is 10.0. The zero-order chi connectivity index (χ0) is 11.8. The maximum Gasteiger partial charge on any atom is 0.246 e.